The smallest absolute Gasteiger partial charge is 0.189 e. The van der Waals surface area contributed by atoms with E-state index in [1.165, 1.54) is 0 Å². The van der Waals surface area contributed by atoms with Crippen LogP contribution in [0.3, 0.4) is 0 Å². The Bertz CT molecular complexity index is 1090. The first-order valence-corrected chi connectivity index (χ1v) is 9.23. The Morgan fingerprint density at radius 1 is 0.786 bits per heavy atom. The van der Waals surface area contributed by atoms with Crippen LogP contribution >= 0.6 is 0 Å². The van der Waals surface area contributed by atoms with Gasteiger partial charge in [-0.05, 0) is 46.7 Å². The van der Waals surface area contributed by atoms with Crippen LogP contribution in [0.4, 0.5) is 5.69 Å². The number of hydrogen-bond donors (Lipinski definition) is 1. The Kier molecular flexibility index (Phi) is 5.07. The first-order chi connectivity index (χ1) is 13.7. The van der Waals surface area contributed by atoms with Crippen LogP contribution in [-0.4, -0.2) is 12.9 Å². The summed E-state index contributed by atoms with van der Waals surface area (Å²) in [5.41, 5.74) is 2.48. The van der Waals surface area contributed by atoms with Gasteiger partial charge < -0.3 is 10.1 Å². The molecule has 0 saturated carbocycles. The molecule has 0 amide bonds. The molecule has 0 fully saturated rings. The average Bonchev–Trinajstić information content (AvgIpc) is 2.77. The highest BCUT2D eigenvalue weighted by atomic mass is 16.5. The van der Waals surface area contributed by atoms with Crippen LogP contribution in [-0.2, 0) is 0 Å². The fourth-order valence-electron chi connectivity index (χ4n) is 3.31. The number of Topliss-reactive ketones (excluding diaryl/α,β-unsaturated/α-hetero) is 1. The molecular weight excluding hydrogens is 346 g/mol. The topological polar surface area (TPSA) is 38.3 Å². The monoisotopic (exact) mass is 367 g/mol. The minimum absolute atomic E-state index is 0.0340. The number of nitrogens with one attached hydrogen (secondary N) is 1. The predicted molar refractivity (Wildman–Crippen MR) is 114 cm³/mol. The number of carbonyl (C=O) groups excluding carboxylic acids is 1. The number of benzene rings is 4. The summed E-state index contributed by atoms with van der Waals surface area (Å²) >= 11 is 0. The molecule has 28 heavy (non-hydrogen) atoms. The van der Waals surface area contributed by atoms with E-state index in [2.05, 4.69) is 29.6 Å². The summed E-state index contributed by atoms with van der Waals surface area (Å²) in [4.78, 5) is 13.3. The maximum Gasteiger partial charge on any atom is 0.189 e. The molecule has 1 N–H and O–H groups in total. The van der Waals surface area contributed by atoms with Crippen LogP contribution in [0.5, 0.6) is 5.75 Å². The van der Waals surface area contributed by atoms with Gasteiger partial charge in [-0.3, -0.25) is 4.79 Å². The quantitative estimate of drug-likeness (QED) is 0.432. The maximum absolute atomic E-state index is 13.3. The van der Waals surface area contributed by atoms with Crippen molar-refractivity contribution in [1.82, 2.24) is 0 Å². The van der Waals surface area contributed by atoms with Crippen molar-refractivity contribution < 1.29 is 9.53 Å². The van der Waals surface area contributed by atoms with Crippen LogP contribution in [0.2, 0.25) is 0 Å². The summed E-state index contributed by atoms with van der Waals surface area (Å²) in [5.74, 6) is 0.814. The lowest BCUT2D eigenvalue weighted by Gasteiger charge is -2.20. The van der Waals surface area contributed by atoms with E-state index in [-0.39, 0.29) is 5.78 Å². The molecule has 0 heterocycles. The highest BCUT2D eigenvalue weighted by molar-refractivity contribution is 6.02. The average molecular weight is 367 g/mol. The maximum atomic E-state index is 13.3. The van der Waals surface area contributed by atoms with Gasteiger partial charge in [-0.2, -0.15) is 0 Å². The zero-order valence-corrected chi connectivity index (χ0v) is 15.6. The zero-order chi connectivity index (χ0) is 19.3. The normalized spacial score (nSPS) is 11.8. The van der Waals surface area contributed by atoms with Gasteiger partial charge in [0.15, 0.2) is 5.78 Å². The van der Waals surface area contributed by atoms with Gasteiger partial charge in [0, 0.05) is 11.3 Å². The standard InChI is InChI=1S/C25H21NO2/c1-28-23-15-13-22(14-16-23)26-24(25(27)19-8-3-2-4-9-19)21-12-11-18-7-5-6-10-20(18)17-21/h2-17,24,26H,1H3/t24-/m0/s1. The Balaban J connectivity index is 1.74. The van der Waals surface area contributed by atoms with Crippen molar-refractivity contribution in [2.24, 2.45) is 0 Å². The summed E-state index contributed by atoms with van der Waals surface area (Å²) < 4.78 is 5.23. The zero-order valence-electron chi connectivity index (χ0n) is 15.6. The van der Waals surface area contributed by atoms with E-state index in [0.29, 0.717) is 5.56 Å². The van der Waals surface area contributed by atoms with Crippen LogP contribution in [0.15, 0.2) is 97.1 Å². The molecule has 0 unspecified atom stereocenters. The molecule has 4 aromatic rings. The van der Waals surface area contributed by atoms with Crippen LogP contribution in [0.1, 0.15) is 22.0 Å². The third-order valence-corrected chi connectivity index (χ3v) is 4.83. The Morgan fingerprint density at radius 2 is 1.46 bits per heavy atom. The van der Waals surface area contributed by atoms with E-state index in [1.54, 1.807) is 7.11 Å². The fraction of sp³-hybridized carbons (Fsp3) is 0.0800. The molecule has 4 rings (SSSR count). The lowest BCUT2D eigenvalue weighted by atomic mass is 9.95. The SMILES string of the molecule is COc1ccc(N[C@H](C(=O)c2ccccc2)c2ccc3ccccc3c2)cc1. The third kappa shape index (κ3) is 3.74. The number of ether oxygens (including phenoxy) is 1. The lowest BCUT2D eigenvalue weighted by Crippen LogP contribution is -2.21. The van der Waals surface area contributed by atoms with E-state index in [0.717, 1.165) is 27.8 Å². The first-order valence-electron chi connectivity index (χ1n) is 9.23. The van der Waals surface area contributed by atoms with Gasteiger partial charge in [-0.15, -0.1) is 0 Å². The minimum Gasteiger partial charge on any atom is -0.497 e. The van der Waals surface area contributed by atoms with E-state index in [4.69, 9.17) is 4.74 Å². The molecule has 0 radical (unpaired) electrons. The number of ketones is 1. The summed E-state index contributed by atoms with van der Waals surface area (Å²) in [6.45, 7) is 0. The molecule has 0 saturated heterocycles. The molecule has 138 valence electrons. The lowest BCUT2D eigenvalue weighted by molar-refractivity contribution is 0.0969. The van der Waals surface area contributed by atoms with Gasteiger partial charge in [-0.25, -0.2) is 0 Å². The van der Waals surface area contributed by atoms with Gasteiger partial charge in [-0.1, -0.05) is 66.7 Å². The number of anilines is 1. The predicted octanol–water partition coefficient (Wildman–Crippen LogP) is 5.88. The van der Waals surface area contributed by atoms with Gasteiger partial charge in [0.05, 0.1) is 7.11 Å². The number of fused-ring (bicyclic) bond motifs is 1. The first kappa shape index (κ1) is 17.8. The van der Waals surface area contributed by atoms with Crippen LogP contribution < -0.4 is 10.1 Å². The largest absolute Gasteiger partial charge is 0.497 e. The van der Waals surface area contributed by atoms with Gasteiger partial charge in [0.25, 0.3) is 0 Å². The Morgan fingerprint density at radius 3 is 2.18 bits per heavy atom. The Labute approximate surface area is 164 Å². The summed E-state index contributed by atoms with van der Waals surface area (Å²) in [7, 11) is 1.64. The van der Waals surface area contributed by atoms with E-state index in [1.807, 2.05) is 72.8 Å². The number of hydrogen-bond acceptors (Lipinski definition) is 3. The minimum atomic E-state index is -0.486. The molecular formula is C25H21NO2. The van der Waals surface area contributed by atoms with Crippen molar-refractivity contribution >= 4 is 22.2 Å². The summed E-state index contributed by atoms with van der Waals surface area (Å²) in [5, 5.41) is 5.67. The third-order valence-electron chi connectivity index (χ3n) is 4.83. The van der Waals surface area contributed by atoms with Crippen molar-refractivity contribution in [1.29, 1.82) is 0 Å². The van der Waals surface area contributed by atoms with Crippen LogP contribution in [0, 0.1) is 0 Å². The molecule has 0 aliphatic heterocycles. The highest BCUT2D eigenvalue weighted by Gasteiger charge is 2.22. The number of methoxy groups -OCH3 is 1. The second-order valence-corrected chi connectivity index (χ2v) is 6.64. The second-order valence-electron chi connectivity index (χ2n) is 6.64. The molecule has 0 aliphatic carbocycles. The van der Waals surface area contributed by atoms with Crippen molar-refractivity contribution in [2.45, 2.75) is 6.04 Å². The Hall–Kier alpha value is -3.59. The van der Waals surface area contributed by atoms with Crippen LogP contribution in [0.25, 0.3) is 10.8 Å². The molecule has 0 aliphatic rings. The fourth-order valence-corrected chi connectivity index (χ4v) is 3.31. The van der Waals surface area contributed by atoms with Crippen molar-refractivity contribution in [3.8, 4) is 5.75 Å². The highest BCUT2D eigenvalue weighted by Crippen LogP contribution is 2.27. The van der Waals surface area contributed by atoms with E-state index < -0.39 is 6.04 Å². The van der Waals surface area contributed by atoms with Crippen molar-refractivity contribution in [2.75, 3.05) is 12.4 Å². The molecule has 4 aromatic carbocycles. The molecule has 0 aromatic heterocycles. The number of carbonyl (C=O) groups is 1. The summed E-state index contributed by atoms with van der Waals surface area (Å²) in [6.07, 6.45) is 0. The second kappa shape index (κ2) is 7.97. The molecule has 1 atom stereocenters. The molecule has 3 nitrogen and oxygen atoms in total. The van der Waals surface area contributed by atoms with Gasteiger partial charge in [0.1, 0.15) is 11.8 Å². The molecule has 0 bridgehead atoms. The van der Waals surface area contributed by atoms with E-state index in [9.17, 15) is 4.79 Å². The van der Waals surface area contributed by atoms with Crippen molar-refractivity contribution in [3.63, 3.8) is 0 Å². The van der Waals surface area contributed by atoms with Crippen molar-refractivity contribution in [3.05, 3.63) is 108 Å². The molecule has 3 heteroatoms. The van der Waals surface area contributed by atoms with Gasteiger partial charge in [0.2, 0.25) is 0 Å². The molecule has 0 spiro atoms. The number of rotatable bonds is 6. The van der Waals surface area contributed by atoms with Gasteiger partial charge >= 0.3 is 0 Å². The van der Waals surface area contributed by atoms with E-state index >= 15 is 0 Å². The summed E-state index contributed by atoms with van der Waals surface area (Å²) in [6, 6.07) is 30.8.